The maximum Gasteiger partial charge on any atom is 0.337 e. The summed E-state index contributed by atoms with van der Waals surface area (Å²) in [7, 11) is -4.85. The van der Waals surface area contributed by atoms with Crippen LogP contribution in [0, 0.1) is 6.92 Å². The highest BCUT2D eigenvalue weighted by Crippen LogP contribution is 2.33. The van der Waals surface area contributed by atoms with Gasteiger partial charge in [0.25, 0.3) is 0 Å². The van der Waals surface area contributed by atoms with Crippen molar-refractivity contribution in [3.63, 3.8) is 0 Å². The van der Waals surface area contributed by atoms with E-state index in [-0.39, 0.29) is 17.8 Å². The molecular weight excluding hydrogens is 369 g/mol. The molecule has 0 saturated carbocycles. The molecule has 1 aliphatic heterocycles. The number of amides is 1. The predicted molar refractivity (Wildman–Crippen MR) is 76.6 cm³/mol. The second-order valence-corrected chi connectivity index (χ2v) is 7.26. The van der Waals surface area contributed by atoms with Crippen molar-refractivity contribution in [1.82, 2.24) is 0 Å². The largest absolute Gasteiger partial charge is 0.478 e. The van der Waals surface area contributed by atoms with Gasteiger partial charge in [-0.15, -0.1) is 3.89 Å². The van der Waals surface area contributed by atoms with Crippen molar-refractivity contribution < 1.29 is 27.0 Å². The molecular formula is C12H11BrFNO5S. The van der Waals surface area contributed by atoms with Gasteiger partial charge in [0.1, 0.15) is 5.25 Å². The summed E-state index contributed by atoms with van der Waals surface area (Å²) in [6, 6.07) is 2.92. The van der Waals surface area contributed by atoms with Crippen molar-refractivity contribution >= 4 is 43.7 Å². The van der Waals surface area contributed by atoms with Gasteiger partial charge in [0.15, 0.2) is 0 Å². The van der Waals surface area contributed by atoms with E-state index in [9.17, 15) is 27.0 Å². The molecule has 0 aromatic heterocycles. The molecule has 1 heterocycles. The summed E-state index contributed by atoms with van der Waals surface area (Å²) in [5, 5.41) is 7.77. The number of carboxylic acid groups (broad SMARTS) is 1. The summed E-state index contributed by atoms with van der Waals surface area (Å²) in [5.41, 5.74) is 0.431. The molecule has 1 unspecified atom stereocenters. The first-order chi connectivity index (χ1) is 9.61. The van der Waals surface area contributed by atoms with Crippen molar-refractivity contribution in [2.75, 3.05) is 11.4 Å². The van der Waals surface area contributed by atoms with Crippen LogP contribution in [0.15, 0.2) is 16.6 Å². The molecule has 1 atom stereocenters. The Morgan fingerprint density at radius 2 is 2.10 bits per heavy atom. The molecule has 1 saturated heterocycles. The normalized spacial score (nSPS) is 19.1. The third-order valence-electron chi connectivity index (χ3n) is 3.25. The molecule has 0 spiro atoms. The summed E-state index contributed by atoms with van der Waals surface area (Å²) in [6.45, 7) is 1.21. The molecule has 6 nitrogen and oxygen atoms in total. The molecule has 2 rings (SSSR count). The lowest BCUT2D eigenvalue weighted by atomic mass is 10.1. The molecule has 0 bridgehead atoms. The first-order valence-electron chi connectivity index (χ1n) is 5.88. The molecule has 0 aliphatic carbocycles. The number of carbonyl (C=O) groups excluding carboxylic acids is 1. The Kier molecular flexibility index (Phi) is 4.07. The Balaban J connectivity index is 2.53. The molecule has 114 valence electrons. The van der Waals surface area contributed by atoms with Crippen molar-refractivity contribution in [1.29, 1.82) is 0 Å². The monoisotopic (exact) mass is 379 g/mol. The lowest BCUT2D eigenvalue weighted by molar-refractivity contribution is -0.117. The first kappa shape index (κ1) is 15.9. The van der Waals surface area contributed by atoms with Crippen LogP contribution in [0.1, 0.15) is 22.3 Å². The second kappa shape index (κ2) is 5.38. The van der Waals surface area contributed by atoms with Gasteiger partial charge in [-0.3, -0.25) is 4.79 Å². The smallest absolute Gasteiger partial charge is 0.337 e. The van der Waals surface area contributed by atoms with Gasteiger partial charge in [-0.1, -0.05) is 15.9 Å². The molecule has 1 aromatic carbocycles. The molecule has 1 fully saturated rings. The average Bonchev–Trinajstić information content (AvgIpc) is 2.70. The summed E-state index contributed by atoms with van der Waals surface area (Å²) in [4.78, 5) is 24.3. The minimum atomic E-state index is -4.85. The van der Waals surface area contributed by atoms with Crippen LogP contribution in [0.2, 0.25) is 0 Å². The number of hydrogen-bond acceptors (Lipinski definition) is 4. The SMILES string of the molecule is Cc1cc(Br)cc(C(=O)O)c1N1CC(S(=O)(=O)F)CC1=O. The summed E-state index contributed by atoms with van der Waals surface area (Å²) in [5.74, 6) is -1.87. The van der Waals surface area contributed by atoms with Gasteiger partial charge in [0, 0.05) is 17.4 Å². The molecule has 0 radical (unpaired) electrons. The fourth-order valence-electron chi connectivity index (χ4n) is 2.34. The van der Waals surface area contributed by atoms with Gasteiger partial charge in [-0.05, 0) is 24.6 Å². The van der Waals surface area contributed by atoms with Crippen LogP contribution < -0.4 is 4.90 Å². The van der Waals surface area contributed by atoms with Crippen LogP contribution in [-0.2, 0) is 15.0 Å². The number of anilines is 1. The Morgan fingerprint density at radius 1 is 1.48 bits per heavy atom. The minimum absolute atomic E-state index is 0.0989. The maximum atomic E-state index is 13.0. The number of aromatic carboxylic acids is 1. The number of nitrogens with zero attached hydrogens (tertiary/aromatic N) is 1. The Morgan fingerprint density at radius 3 is 2.57 bits per heavy atom. The lowest BCUT2D eigenvalue weighted by Gasteiger charge is -2.21. The van der Waals surface area contributed by atoms with E-state index in [1.807, 2.05) is 0 Å². The fraction of sp³-hybridized carbons (Fsp3) is 0.333. The third-order valence-corrected chi connectivity index (χ3v) is 4.82. The minimum Gasteiger partial charge on any atom is -0.478 e. The molecule has 1 amide bonds. The van der Waals surface area contributed by atoms with E-state index in [4.69, 9.17) is 0 Å². The molecule has 9 heteroatoms. The maximum absolute atomic E-state index is 13.0. The van der Waals surface area contributed by atoms with Crippen LogP contribution in [0.3, 0.4) is 0 Å². The van der Waals surface area contributed by atoms with Crippen LogP contribution in [-0.4, -0.2) is 37.2 Å². The van der Waals surface area contributed by atoms with E-state index in [1.165, 1.54) is 6.07 Å². The van der Waals surface area contributed by atoms with Gasteiger partial charge in [0.2, 0.25) is 5.91 Å². The zero-order valence-corrected chi connectivity index (χ0v) is 13.2. The molecule has 1 aliphatic rings. The van der Waals surface area contributed by atoms with Crippen LogP contribution in [0.4, 0.5) is 9.57 Å². The van der Waals surface area contributed by atoms with E-state index in [0.29, 0.717) is 10.0 Å². The average molecular weight is 380 g/mol. The summed E-state index contributed by atoms with van der Waals surface area (Å²) in [6.07, 6.45) is -0.493. The number of rotatable bonds is 3. The summed E-state index contributed by atoms with van der Waals surface area (Å²) < 4.78 is 35.5. The fourth-order valence-corrected chi connectivity index (χ4v) is 3.58. The highest BCUT2D eigenvalue weighted by atomic mass is 79.9. The Labute approximate surface area is 128 Å². The Bertz CT molecular complexity index is 733. The molecule has 21 heavy (non-hydrogen) atoms. The van der Waals surface area contributed by atoms with Crippen molar-refractivity contribution in [2.24, 2.45) is 0 Å². The van der Waals surface area contributed by atoms with Crippen LogP contribution in [0.25, 0.3) is 0 Å². The second-order valence-electron chi connectivity index (χ2n) is 4.73. The number of carbonyl (C=O) groups is 2. The van der Waals surface area contributed by atoms with Gasteiger partial charge in [0.05, 0.1) is 11.3 Å². The highest BCUT2D eigenvalue weighted by molar-refractivity contribution is 9.10. The zero-order chi connectivity index (χ0) is 15.9. The number of carboxylic acids is 1. The van der Waals surface area contributed by atoms with E-state index in [0.717, 1.165) is 4.90 Å². The number of hydrogen-bond donors (Lipinski definition) is 1. The lowest BCUT2D eigenvalue weighted by Crippen LogP contribution is -2.29. The van der Waals surface area contributed by atoms with E-state index < -0.39 is 33.8 Å². The Hall–Kier alpha value is -1.48. The number of aryl methyl sites for hydroxylation is 1. The number of halogens is 2. The topological polar surface area (TPSA) is 91.8 Å². The molecule has 1 aromatic rings. The van der Waals surface area contributed by atoms with Gasteiger partial charge in [-0.2, -0.15) is 8.42 Å². The quantitative estimate of drug-likeness (QED) is 0.809. The highest BCUT2D eigenvalue weighted by Gasteiger charge is 2.40. The third kappa shape index (κ3) is 3.08. The van der Waals surface area contributed by atoms with E-state index in [2.05, 4.69) is 15.9 Å². The van der Waals surface area contributed by atoms with Gasteiger partial charge < -0.3 is 10.0 Å². The van der Waals surface area contributed by atoms with E-state index >= 15 is 0 Å². The first-order valence-corrected chi connectivity index (χ1v) is 8.12. The standard InChI is InChI=1S/C12H11BrFNO5S/c1-6-2-7(13)3-9(12(17)18)11(6)15-5-8(4-10(15)16)21(14,19)20/h2-3,8H,4-5H2,1H3,(H,17,18). The zero-order valence-electron chi connectivity index (χ0n) is 10.8. The van der Waals surface area contributed by atoms with Gasteiger partial charge in [-0.25, -0.2) is 4.79 Å². The van der Waals surface area contributed by atoms with Crippen molar-refractivity contribution in [2.45, 2.75) is 18.6 Å². The van der Waals surface area contributed by atoms with E-state index in [1.54, 1.807) is 13.0 Å². The van der Waals surface area contributed by atoms with Crippen LogP contribution in [0.5, 0.6) is 0 Å². The van der Waals surface area contributed by atoms with Gasteiger partial charge >= 0.3 is 16.2 Å². The van der Waals surface area contributed by atoms with Crippen molar-refractivity contribution in [3.8, 4) is 0 Å². The molecule has 1 N–H and O–H groups in total. The number of benzene rings is 1. The predicted octanol–water partition coefficient (Wildman–Crippen LogP) is 1.86. The van der Waals surface area contributed by atoms with Crippen molar-refractivity contribution in [3.05, 3.63) is 27.7 Å². The van der Waals surface area contributed by atoms with Crippen LogP contribution >= 0.6 is 15.9 Å². The summed E-state index contributed by atoms with van der Waals surface area (Å²) >= 11 is 3.16.